The van der Waals surface area contributed by atoms with Crippen molar-refractivity contribution >= 4 is 88.5 Å². The molecule has 1 aromatic carbocycles. The molecule has 0 aliphatic heterocycles. The molecule has 0 amide bonds. The number of hydrogen-bond donors (Lipinski definition) is 0. The Hall–Kier alpha value is -2.78. The fourth-order valence-electron chi connectivity index (χ4n) is 6.99. The molecule has 0 spiro atoms. The molecule has 0 aliphatic rings. The van der Waals surface area contributed by atoms with E-state index in [1.165, 1.54) is 114 Å². The van der Waals surface area contributed by atoms with Crippen LogP contribution in [0.25, 0.3) is 69.3 Å². The Labute approximate surface area is 295 Å². The van der Waals surface area contributed by atoms with Crippen LogP contribution in [0.2, 0.25) is 0 Å². The quantitative estimate of drug-likeness (QED) is 0.168. The summed E-state index contributed by atoms with van der Waals surface area (Å²) in [4.78, 5) is 13.8. The van der Waals surface area contributed by atoms with Gasteiger partial charge in [-0.3, -0.25) is 0 Å². The smallest absolute Gasteiger partial charge is 0.0743 e. The standard InChI is InChI=1S/C39H35NS6/c1-18-10-12-27(13-11-18)40-34-32(28-14-19(2)41-23(28)6)36(30-16-21(4)43-25(30)8)45-38(34)39-35(40)33(29-15-20(3)42-24(29)7)37(46-39)31-17-22(5)44-26(31)9/h10-17H,1-9H3. The predicted molar refractivity (Wildman–Crippen MR) is 212 cm³/mol. The number of fused-ring (bicyclic) bond motifs is 3. The van der Waals surface area contributed by atoms with Crippen LogP contribution in [0.5, 0.6) is 0 Å². The average Bonchev–Trinajstić information content (AvgIpc) is 3.83. The third kappa shape index (κ3) is 4.69. The van der Waals surface area contributed by atoms with Gasteiger partial charge in [-0.1, -0.05) is 17.7 Å². The van der Waals surface area contributed by atoms with Crippen molar-refractivity contribution in [1.29, 1.82) is 0 Å². The molecule has 46 heavy (non-hydrogen) atoms. The second kappa shape index (κ2) is 11.1. The van der Waals surface area contributed by atoms with Crippen LogP contribution < -0.4 is 0 Å². The zero-order valence-electron chi connectivity index (χ0n) is 27.5. The zero-order chi connectivity index (χ0) is 32.2. The zero-order valence-corrected chi connectivity index (χ0v) is 32.4. The maximum Gasteiger partial charge on any atom is 0.0743 e. The number of aromatic nitrogens is 1. The van der Waals surface area contributed by atoms with Crippen molar-refractivity contribution in [2.75, 3.05) is 0 Å². The van der Waals surface area contributed by atoms with Gasteiger partial charge in [0.05, 0.1) is 20.4 Å². The van der Waals surface area contributed by atoms with Gasteiger partial charge in [0.25, 0.3) is 0 Å². The molecule has 7 heteroatoms. The Morgan fingerprint density at radius 3 is 1.09 bits per heavy atom. The van der Waals surface area contributed by atoms with Crippen LogP contribution in [-0.2, 0) is 0 Å². The number of aryl methyl sites for hydroxylation is 9. The van der Waals surface area contributed by atoms with E-state index in [0.29, 0.717) is 0 Å². The molecule has 0 saturated carbocycles. The molecular formula is C39H35NS6. The van der Waals surface area contributed by atoms with Gasteiger partial charge in [0.15, 0.2) is 0 Å². The summed E-state index contributed by atoms with van der Waals surface area (Å²) in [6, 6.07) is 18.9. The van der Waals surface area contributed by atoms with E-state index in [1.54, 1.807) is 0 Å². The number of rotatable bonds is 5. The first-order chi connectivity index (χ1) is 22.0. The Morgan fingerprint density at radius 2 is 0.761 bits per heavy atom. The Balaban J connectivity index is 1.62. The van der Waals surface area contributed by atoms with Crippen LogP contribution in [-0.4, -0.2) is 4.57 Å². The molecule has 8 aromatic rings. The molecular weight excluding hydrogens is 675 g/mol. The van der Waals surface area contributed by atoms with Crippen LogP contribution in [0.15, 0.2) is 48.5 Å². The highest BCUT2D eigenvalue weighted by molar-refractivity contribution is 7.31. The van der Waals surface area contributed by atoms with Gasteiger partial charge < -0.3 is 4.57 Å². The molecule has 0 atom stereocenters. The number of hydrogen-bond acceptors (Lipinski definition) is 6. The molecule has 7 aromatic heterocycles. The van der Waals surface area contributed by atoms with Crippen LogP contribution >= 0.6 is 68.0 Å². The van der Waals surface area contributed by atoms with Gasteiger partial charge in [0.2, 0.25) is 0 Å². The summed E-state index contributed by atoms with van der Waals surface area (Å²) >= 11 is 11.7. The second-order valence-electron chi connectivity index (χ2n) is 12.4. The van der Waals surface area contributed by atoms with Crippen molar-refractivity contribution in [2.24, 2.45) is 0 Å². The molecule has 8 rings (SSSR count). The molecule has 0 aliphatic carbocycles. The highest BCUT2D eigenvalue weighted by atomic mass is 32.1. The molecule has 0 radical (unpaired) electrons. The maximum absolute atomic E-state index is 2.64. The Morgan fingerprint density at radius 1 is 0.413 bits per heavy atom. The van der Waals surface area contributed by atoms with E-state index >= 15 is 0 Å². The summed E-state index contributed by atoms with van der Waals surface area (Å²) in [5.41, 5.74) is 13.5. The Bertz CT molecular complexity index is 2310. The van der Waals surface area contributed by atoms with Crippen molar-refractivity contribution in [2.45, 2.75) is 62.3 Å². The summed E-state index contributed by atoms with van der Waals surface area (Å²) in [5.74, 6) is 0. The summed E-state index contributed by atoms with van der Waals surface area (Å²) in [6.45, 7) is 20.4. The lowest BCUT2D eigenvalue weighted by atomic mass is 10.0. The first-order valence-corrected chi connectivity index (χ1v) is 20.4. The Kier molecular flexibility index (Phi) is 7.40. The largest absolute Gasteiger partial charge is 0.306 e. The van der Waals surface area contributed by atoms with E-state index in [2.05, 4.69) is 115 Å². The summed E-state index contributed by atoms with van der Waals surface area (Å²) in [6.07, 6.45) is 0. The van der Waals surface area contributed by atoms with Crippen molar-refractivity contribution in [1.82, 2.24) is 4.57 Å². The lowest BCUT2D eigenvalue weighted by Crippen LogP contribution is -1.97. The molecule has 232 valence electrons. The molecule has 0 fully saturated rings. The van der Waals surface area contributed by atoms with E-state index in [-0.39, 0.29) is 0 Å². The minimum Gasteiger partial charge on any atom is -0.306 e. The minimum atomic E-state index is 1.23. The maximum atomic E-state index is 2.64. The van der Waals surface area contributed by atoms with Crippen LogP contribution in [0.1, 0.15) is 44.6 Å². The molecule has 0 unspecified atom stereocenters. The van der Waals surface area contributed by atoms with Gasteiger partial charge in [-0.25, -0.2) is 0 Å². The molecule has 1 nitrogen and oxygen atoms in total. The summed E-state index contributed by atoms with van der Waals surface area (Å²) < 4.78 is 5.44. The third-order valence-electron chi connectivity index (χ3n) is 8.90. The van der Waals surface area contributed by atoms with E-state index in [9.17, 15) is 0 Å². The second-order valence-corrected chi connectivity index (χ2v) is 20.3. The van der Waals surface area contributed by atoms with Gasteiger partial charge >= 0.3 is 0 Å². The fraction of sp³-hybridized carbons (Fsp3) is 0.231. The van der Waals surface area contributed by atoms with Crippen molar-refractivity contribution in [3.63, 3.8) is 0 Å². The van der Waals surface area contributed by atoms with E-state index in [1.807, 2.05) is 68.0 Å². The monoisotopic (exact) mass is 709 g/mol. The lowest BCUT2D eigenvalue weighted by Gasteiger charge is -2.13. The normalized spacial score (nSPS) is 12.0. The molecule has 0 N–H and O–H groups in total. The van der Waals surface area contributed by atoms with Crippen molar-refractivity contribution in [3.8, 4) is 48.8 Å². The first kappa shape index (κ1) is 30.5. The molecule has 7 heterocycles. The van der Waals surface area contributed by atoms with Crippen molar-refractivity contribution < 1.29 is 0 Å². The number of benzene rings is 1. The minimum absolute atomic E-state index is 1.23. The first-order valence-electron chi connectivity index (χ1n) is 15.5. The fourth-order valence-corrected chi connectivity index (χ4v) is 13.7. The summed E-state index contributed by atoms with van der Waals surface area (Å²) in [5, 5.41) is 0. The van der Waals surface area contributed by atoms with Gasteiger partial charge in [-0.15, -0.1) is 68.0 Å². The van der Waals surface area contributed by atoms with Gasteiger partial charge in [0, 0.05) is 76.7 Å². The van der Waals surface area contributed by atoms with Gasteiger partial charge in [-0.05, 0) is 110 Å². The molecule has 0 saturated heterocycles. The SMILES string of the molecule is Cc1ccc(-n2c3c(-c4cc(C)sc4C)c(-c4cc(C)sc4C)sc3c3sc(-c4cc(C)sc4C)c(-c4cc(C)sc4C)c32)cc1. The summed E-state index contributed by atoms with van der Waals surface area (Å²) in [7, 11) is 0. The topological polar surface area (TPSA) is 4.93 Å². The van der Waals surface area contributed by atoms with Gasteiger partial charge in [0.1, 0.15) is 0 Å². The third-order valence-corrected chi connectivity index (χ3v) is 15.4. The molecule has 0 bridgehead atoms. The predicted octanol–water partition coefficient (Wildman–Crippen LogP) is 14.6. The van der Waals surface area contributed by atoms with E-state index in [0.717, 1.165) is 0 Å². The van der Waals surface area contributed by atoms with Gasteiger partial charge in [-0.2, -0.15) is 0 Å². The van der Waals surface area contributed by atoms with E-state index in [4.69, 9.17) is 0 Å². The number of nitrogens with zero attached hydrogens (tertiary/aromatic N) is 1. The van der Waals surface area contributed by atoms with Crippen LogP contribution in [0.3, 0.4) is 0 Å². The highest BCUT2D eigenvalue weighted by Crippen LogP contribution is 2.58. The van der Waals surface area contributed by atoms with Crippen LogP contribution in [0.4, 0.5) is 0 Å². The lowest BCUT2D eigenvalue weighted by molar-refractivity contribution is 1.18. The van der Waals surface area contributed by atoms with Crippen molar-refractivity contribution in [3.05, 3.63) is 93.1 Å². The number of thiophene rings is 6. The highest BCUT2D eigenvalue weighted by Gasteiger charge is 2.31. The average molecular weight is 710 g/mol. The van der Waals surface area contributed by atoms with E-state index < -0.39 is 0 Å². The van der Waals surface area contributed by atoms with Crippen LogP contribution in [0, 0.1) is 62.3 Å².